The summed E-state index contributed by atoms with van der Waals surface area (Å²) < 4.78 is 11.1. The van der Waals surface area contributed by atoms with Crippen LogP contribution >= 0.6 is 11.6 Å². The second-order valence-corrected chi connectivity index (χ2v) is 4.77. The quantitative estimate of drug-likeness (QED) is 0.638. The predicted molar refractivity (Wildman–Crippen MR) is 58.1 cm³/mol. The van der Waals surface area contributed by atoms with E-state index in [-0.39, 0.29) is 11.2 Å². The highest BCUT2D eigenvalue weighted by Gasteiger charge is 2.06. The molecule has 6 heteroatoms. The SMILES string of the molecule is CC(C)Nc1cc(Cl)nc([S@](C)=O)n1. The molecule has 0 saturated heterocycles. The molecule has 0 aliphatic heterocycles. The monoisotopic (exact) mass is 233 g/mol. The highest BCUT2D eigenvalue weighted by Crippen LogP contribution is 2.13. The molecule has 0 bridgehead atoms. The van der Waals surface area contributed by atoms with E-state index >= 15 is 0 Å². The molecule has 1 aromatic rings. The van der Waals surface area contributed by atoms with Crippen LogP contribution in [-0.2, 0) is 10.8 Å². The van der Waals surface area contributed by atoms with Gasteiger partial charge in [-0.25, -0.2) is 9.97 Å². The van der Waals surface area contributed by atoms with Gasteiger partial charge < -0.3 is 5.32 Å². The summed E-state index contributed by atoms with van der Waals surface area (Å²) in [6.45, 7) is 3.97. The number of halogens is 1. The molecule has 0 aromatic carbocycles. The summed E-state index contributed by atoms with van der Waals surface area (Å²) in [5.74, 6) is 0.602. The van der Waals surface area contributed by atoms with Gasteiger partial charge in [0.05, 0.1) is 10.8 Å². The fourth-order valence-electron chi connectivity index (χ4n) is 0.895. The normalized spacial score (nSPS) is 12.9. The zero-order valence-corrected chi connectivity index (χ0v) is 9.82. The van der Waals surface area contributed by atoms with E-state index in [1.165, 1.54) is 6.26 Å². The van der Waals surface area contributed by atoms with Crippen LogP contribution in [0.2, 0.25) is 5.15 Å². The van der Waals surface area contributed by atoms with Crippen LogP contribution in [0.3, 0.4) is 0 Å². The van der Waals surface area contributed by atoms with E-state index in [0.29, 0.717) is 11.0 Å². The number of hydrogen-bond acceptors (Lipinski definition) is 4. The van der Waals surface area contributed by atoms with Gasteiger partial charge in [0.2, 0.25) is 5.16 Å². The Bertz CT molecular complexity index is 356. The number of hydrogen-bond donors (Lipinski definition) is 1. The van der Waals surface area contributed by atoms with Gasteiger partial charge in [-0.2, -0.15) is 0 Å². The maximum absolute atomic E-state index is 11.1. The third-order valence-electron chi connectivity index (χ3n) is 1.37. The van der Waals surface area contributed by atoms with Crippen molar-refractivity contribution in [3.63, 3.8) is 0 Å². The minimum absolute atomic E-state index is 0.249. The summed E-state index contributed by atoms with van der Waals surface area (Å²) in [6, 6.07) is 1.86. The molecule has 78 valence electrons. The Morgan fingerprint density at radius 3 is 2.64 bits per heavy atom. The molecule has 4 nitrogen and oxygen atoms in total. The summed E-state index contributed by atoms with van der Waals surface area (Å²) in [4.78, 5) is 7.92. The van der Waals surface area contributed by atoms with Gasteiger partial charge in [-0.05, 0) is 13.8 Å². The first kappa shape index (κ1) is 11.4. The van der Waals surface area contributed by atoms with Crippen LogP contribution in [0.1, 0.15) is 13.8 Å². The van der Waals surface area contributed by atoms with Crippen molar-refractivity contribution in [2.45, 2.75) is 25.0 Å². The van der Waals surface area contributed by atoms with Crippen LogP contribution in [0.25, 0.3) is 0 Å². The van der Waals surface area contributed by atoms with Gasteiger partial charge in [-0.3, -0.25) is 4.21 Å². The van der Waals surface area contributed by atoms with Crippen LogP contribution in [0, 0.1) is 0 Å². The average Bonchev–Trinajstić information content (AvgIpc) is 2.01. The van der Waals surface area contributed by atoms with Gasteiger partial charge >= 0.3 is 0 Å². The van der Waals surface area contributed by atoms with Crippen molar-refractivity contribution < 1.29 is 4.21 Å². The standard InChI is InChI=1S/C8H12ClN3OS/c1-5(2)10-7-4-6(9)11-8(12-7)14(3)13/h4-5H,1-3H3,(H,10,11,12)/t14-/m0/s1. The van der Waals surface area contributed by atoms with Gasteiger partial charge in [0.15, 0.2) is 0 Å². The summed E-state index contributed by atoms with van der Waals surface area (Å²) in [6.07, 6.45) is 1.52. The number of rotatable bonds is 3. The van der Waals surface area contributed by atoms with Gasteiger partial charge in [-0.1, -0.05) is 11.6 Å². The van der Waals surface area contributed by atoms with E-state index in [9.17, 15) is 4.21 Å². The van der Waals surface area contributed by atoms with Crippen LogP contribution in [-0.4, -0.2) is 26.5 Å². The van der Waals surface area contributed by atoms with Crippen molar-refractivity contribution in [3.05, 3.63) is 11.2 Å². The minimum atomic E-state index is -1.21. The lowest BCUT2D eigenvalue weighted by Crippen LogP contribution is -2.12. The maximum atomic E-state index is 11.1. The topological polar surface area (TPSA) is 54.9 Å². The van der Waals surface area contributed by atoms with E-state index in [4.69, 9.17) is 11.6 Å². The summed E-state index contributed by atoms with van der Waals surface area (Å²) in [7, 11) is -1.21. The summed E-state index contributed by atoms with van der Waals surface area (Å²) >= 11 is 5.75. The molecule has 0 spiro atoms. The average molecular weight is 234 g/mol. The molecule has 14 heavy (non-hydrogen) atoms. The predicted octanol–water partition coefficient (Wildman–Crippen LogP) is 1.69. The molecule has 0 radical (unpaired) electrons. The first-order valence-corrected chi connectivity index (χ1v) is 6.07. The third-order valence-corrected chi connectivity index (χ3v) is 2.26. The molecule has 0 fully saturated rings. The van der Waals surface area contributed by atoms with Crippen molar-refractivity contribution in [1.29, 1.82) is 0 Å². The van der Waals surface area contributed by atoms with Crippen LogP contribution < -0.4 is 5.32 Å². The Morgan fingerprint density at radius 1 is 1.50 bits per heavy atom. The minimum Gasteiger partial charge on any atom is -0.368 e. The second-order valence-electron chi connectivity index (χ2n) is 3.11. The van der Waals surface area contributed by atoms with Gasteiger partial charge in [-0.15, -0.1) is 0 Å². The first-order chi connectivity index (χ1) is 6.49. The molecule has 1 atom stereocenters. The van der Waals surface area contributed by atoms with E-state index in [0.717, 1.165) is 0 Å². The highest BCUT2D eigenvalue weighted by atomic mass is 35.5. The number of nitrogens with one attached hydrogen (secondary N) is 1. The molecular formula is C8H12ClN3OS. The van der Waals surface area contributed by atoms with E-state index < -0.39 is 10.8 Å². The summed E-state index contributed by atoms with van der Waals surface area (Å²) in [5, 5.41) is 3.62. The lowest BCUT2D eigenvalue weighted by atomic mass is 10.4. The van der Waals surface area contributed by atoms with E-state index in [1.54, 1.807) is 6.07 Å². The molecule has 0 unspecified atom stereocenters. The molecule has 0 aliphatic carbocycles. The fourth-order valence-corrected chi connectivity index (χ4v) is 1.58. The Morgan fingerprint density at radius 2 is 2.14 bits per heavy atom. The number of nitrogens with zero attached hydrogens (tertiary/aromatic N) is 2. The first-order valence-electron chi connectivity index (χ1n) is 4.13. The van der Waals surface area contributed by atoms with Crippen molar-refractivity contribution in [2.24, 2.45) is 0 Å². The van der Waals surface area contributed by atoms with Crippen LogP contribution in [0.15, 0.2) is 11.2 Å². The lowest BCUT2D eigenvalue weighted by Gasteiger charge is -2.09. The summed E-state index contributed by atoms with van der Waals surface area (Å²) in [5.41, 5.74) is 0. The van der Waals surface area contributed by atoms with Crippen molar-refractivity contribution >= 4 is 28.2 Å². The van der Waals surface area contributed by atoms with E-state index in [2.05, 4.69) is 15.3 Å². The molecule has 0 aliphatic rings. The molecule has 0 amide bonds. The Kier molecular flexibility index (Phi) is 3.83. The van der Waals surface area contributed by atoms with Crippen molar-refractivity contribution in [1.82, 2.24) is 9.97 Å². The Balaban J connectivity index is 3.01. The van der Waals surface area contributed by atoms with Gasteiger partial charge in [0.1, 0.15) is 11.0 Å². The largest absolute Gasteiger partial charge is 0.368 e. The molecule has 1 rings (SSSR count). The number of anilines is 1. The third kappa shape index (κ3) is 3.23. The zero-order chi connectivity index (χ0) is 10.7. The van der Waals surface area contributed by atoms with Gasteiger partial charge in [0.25, 0.3) is 0 Å². The zero-order valence-electron chi connectivity index (χ0n) is 8.24. The Labute approximate surface area is 90.6 Å². The molecule has 1 heterocycles. The number of aromatic nitrogens is 2. The van der Waals surface area contributed by atoms with Crippen LogP contribution in [0.4, 0.5) is 5.82 Å². The smallest absolute Gasteiger partial charge is 0.221 e. The highest BCUT2D eigenvalue weighted by molar-refractivity contribution is 7.84. The molecule has 0 saturated carbocycles. The Hall–Kier alpha value is -0.680. The fraction of sp³-hybridized carbons (Fsp3) is 0.500. The molecule has 1 aromatic heterocycles. The van der Waals surface area contributed by atoms with Crippen molar-refractivity contribution in [2.75, 3.05) is 11.6 Å². The van der Waals surface area contributed by atoms with Crippen molar-refractivity contribution in [3.8, 4) is 0 Å². The maximum Gasteiger partial charge on any atom is 0.221 e. The van der Waals surface area contributed by atoms with E-state index in [1.807, 2.05) is 13.8 Å². The molecular weight excluding hydrogens is 222 g/mol. The molecule has 1 N–H and O–H groups in total. The lowest BCUT2D eigenvalue weighted by molar-refractivity contribution is 0.679. The van der Waals surface area contributed by atoms with Gasteiger partial charge in [0, 0.05) is 18.4 Å². The van der Waals surface area contributed by atoms with Crippen LogP contribution in [0.5, 0.6) is 0 Å². The second kappa shape index (κ2) is 4.70.